The lowest BCUT2D eigenvalue weighted by Crippen LogP contribution is -2.25. The van der Waals surface area contributed by atoms with Gasteiger partial charge in [-0.05, 0) is 86.2 Å². The van der Waals surface area contributed by atoms with Crippen molar-refractivity contribution in [1.82, 2.24) is 20.4 Å². The maximum atomic E-state index is 13.1. The van der Waals surface area contributed by atoms with E-state index in [1.54, 1.807) is 41.3 Å². The second kappa shape index (κ2) is 11.6. The molecule has 35 heavy (non-hydrogen) atoms. The first-order valence-corrected chi connectivity index (χ1v) is 12.1. The van der Waals surface area contributed by atoms with Crippen LogP contribution in [0.4, 0.5) is 4.39 Å². The van der Waals surface area contributed by atoms with Gasteiger partial charge in [0.15, 0.2) is 0 Å². The van der Waals surface area contributed by atoms with E-state index in [1.807, 2.05) is 25.2 Å². The number of halogens is 1. The molecule has 3 aromatic rings. The first-order chi connectivity index (χ1) is 17.0. The first kappa shape index (κ1) is 24.4. The molecule has 1 aliphatic rings. The Hall–Kier alpha value is -3.74. The first-order valence-electron chi connectivity index (χ1n) is 12.1. The third-order valence-electron chi connectivity index (χ3n) is 6.09. The Balaban J connectivity index is 1.14. The quantitative estimate of drug-likeness (QED) is 0.304. The topological polar surface area (TPSA) is 78.1 Å². The van der Waals surface area contributed by atoms with Crippen molar-refractivity contribution in [2.75, 3.05) is 13.6 Å². The maximum Gasteiger partial charge on any atom is 0.251 e. The molecule has 2 amide bonds. The molecule has 1 heterocycles. The number of H-pyrrole nitrogens is 1. The van der Waals surface area contributed by atoms with Crippen LogP contribution < -0.4 is 5.32 Å². The largest absolute Gasteiger partial charge is 0.349 e. The molecule has 2 N–H and O–H groups in total. The van der Waals surface area contributed by atoms with Crippen LogP contribution in [0, 0.1) is 5.82 Å². The summed E-state index contributed by atoms with van der Waals surface area (Å²) in [5.74, 6) is -0.343. The van der Waals surface area contributed by atoms with Crippen LogP contribution in [0.15, 0.2) is 60.7 Å². The van der Waals surface area contributed by atoms with Crippen molar-refractivity contribution in [2.45, 2.75) is 44.6 Å². The highest BCUT2D eigenvalue weighted by Gasteiger charge is 2.23. The van der Waals surface area contributed by atoms with Crippen molar-refractivity contribution in [2.24, 2.45) is 0 Å². The van der Waals surface area contributed by atoms with Gasteiger partial charge in [0.2, 0.25) is 5.91 Å². The number of aromatic nitrogens is 2. The highest BCUT2D eigenvalue weighted by atomic mass is 19.1. The molecule has 0 unspecified atom stereocenters. The standard InChI is InChI=1S/C28H31FN4O2/c1-33(27(34)17-8-20-6-9-22(10-7-20)28(35)30-24-15-16-24)18-4-2-3-5-25-19-26(32-31-25)21-11-13-23(29)14-12-21/h6-14,17,19,24H,2-5,15-16,18H2,1H3,(H,30,35)(H,31,32)/b17-8+. The molecule has 2 aromatic carbocycles. The van der Waals surface area contributed by atoms with Gasteiger partial charge in [-0.25, -0.2) is 4.39 Å². The van der Waals surface area contributed by atoms with Crippen molar-refractivity contribution in [3.63, 3.8) is 0 Å². The lowest BCUT2D eigenvalue weighted by atomic mass is 10.1. The Morgan fingerprint density at radius 3 is 2.54 bits per heavy atom. The van der Waals surface area contributed by atoms with E-state index in [0.717, 1.165) is 61.0 Å². The number of hydrogen-bond donors (Lipinski definition) is 2. The number of unbranched alkanes of at least 4 members (excludes halogenated alkanes) is 2. The van der Waals surface area contributed by atoms with E-state index in [-0.39, 0.29) is 17.6 Å². The fraction of sp³-hybridized carbons (Fsp3) is 0.321. The summed E-state index contributed by atoms with van der Waals surface area (Å²) in [7, 11) is 1.81. The molecule has 6 nitrogen and oxygen atoms in total. The molecule has 1 saturated carbocycles. The number of amides is 2. The number of carbonyl (C=O) groups excluding carboxylic acids is 2. The third-order valence-corrected chi connectivity index (χ3v) is 6.09. The predicted molar refractivity (Wildman–Crippen MR) is 135 cm³/mol. The second-order valence-electron chi connectivity index (χ2n) is 9.06. The number of aromatic amines is 1. The van der Waals surface area contributed by atoms with Gasteiger partial charge in [0.25, 0.3) is 5.91 Å². The van der Waals surface area contributed by atoms with E-state index < -0.39 is 0 Å². The van der Waals surface area contributed by atoms with E-state index in [4.69, 9.17) is 0 Å². The van der Waals surface area contributed by atoms with Gasteiger partial charge in [-0.2, -0.15) is 5.10 Å². The monoisotopic (exact) mass is 474 g/mol. The van der Waals surface area contributed by atoms with Crippen LogP contribution in [-0.2, 0) is 11.2 Å². The minimum absolute atomic E-state index is 0.0420. The molecule has 0 saturated heterocycles. The van der Waals surface area contributed by atoms with E-state index in [1.165, 1.54) is 12.1 Å². The molecule has 0 atom stereocenters. The molecule has 0 aliphatic heterocycles. The zero-order chi connectivity index (χ0) is 24.6. The maximum absolute atomic E-state index is 13.1. The average molecular weight is 475 g/mol. The van der Waals surface area contributed by atoms with Gasteiger partial charge >= 0.3 is 0 Å². The van der Waals surface area contributed by atoms with Gasteiger partial charge < -0.3 is 10.2 Å². The lowest BCUT2D eigenvalue weighted by Gasteiger charge is -2.14. The SMILES string of the molecule is CN(CCCCCc1cc(-c2ccc(F)cc2)n[nH]1)C(=O)/C=C/c1ccc(C(=O)NC2CC2)cc1. The minimum atomic E-state index is -0.257. The van der Waals surface area contributed by atoms with Crippen LogP contribution in [0.25, 0.3) is 17.3 Å². The Labute approximate surface area is 205 Å². The lowest BCUT2D eigenvalue weighted by molar-refractivity contribution is -0.124. The van der Waals surface area contributed by atoms with Gasteiger partial charge in [0.1, 0.15) is 5.82 Å². The van der Waals surface area contributed by atoms with Gasteiger partial charge in [-0.15, -0.1) is 0 Å². The van der Waals surface area contributed by atoms with Crippen molar-refractivity contribution in [3.05, 3.63) is 83.3 Å². The molecule has 182 valence electrons. The molecule has 7 heteroatoms. The van der Waals surface area contributed by atoms with Crippen LogP contribution in [0.2, 0.25) is 0 Å². The Bertz CT molecular complexity index is 1160. The summed E-state index contributed by atoms with van der Waals surface area (Å²) in [4.78, 5) is 26.2. The predicted octanol–water partition coefficient (Wildman–Crippen LogP) is 4.99. The summed E-state index contributed by atoms with van der Waals surface area (Å²) in [5, 5.41) is 10.3. The molecule has 1 aliphatic carbocycles. The number of rotatable bonds is 11. The summed E-state index contributed by atoms with van der Waals surface area (Å²) in [5.41, 5.74) is 4.27. The van der Waals surface area contributed by atoms with Crippen molar-refractivity contribution in [3.8, 4) is 11.3 Å². The summed E-state index contributed by atoms with van der Waals surface area (Å²) >= 11 is 0. The minimum Gasteiger partial charge on any atom is -0.349 e. The van der Waals surface area contributed by atoms with Crippen molar-refractivity contribution in [1.29, 1.82) is 0 Å². The fourth-order valence-corrected chi connectivity index (χ4v) is 3.75. The van der Waals surface area contributed by atoms with Crippen LogP contribution in [-0.4, -0.2) is 46.5 Å². The van der Waals surface area contributed by atoms with Gasteiger partial charge in [0.05, 0.1) is 5.69 Å². The summed E-state index contributed by atoms with van der Waals surface area (Å²) < 4.78 is 13.1. The fourth-order valence-electron chi connectivity index (χ4n) is 3.75. The number of benzene rings is 2. The second-order valence-corrected chi connectivity index (χ2v) is 9.06. The average Bonchev–Trinajstić information content (AvgIpc) is 3.56. The van der Waals surface area contributed by atoms with Gasteiger partial charge in [-0.1, -0.05) is 18.6 Å². The number of aryl methyl sites for hydroxylation is 1. The Morgan fingerprint density at radius 2 is 1.83 bits per heavy atom. The smallest absolute Gasteiger partial charge is 0.251 e. The Kier molecular flexibility index (Phi) is 8.08. The highest BCUT2D eigenvalue weighted by molar-refractivity contribution is 5.95. The molecule has 0 radical (unpaired) electrons. The number of nitrogens with one attached hydrogen (secondary N) is 2. The number of hydrogen-bond acceptors (Lipinski definition) is 3. The number of nitrogens with zero attached hydrogens (tertiary/aromatic N) is 2. The zero-order valence-corrected chi connectivity index (χ0v) is 20.0. The van der Waals surface area contributed by atoms with E-state index >= 15 is 0 Å². The number of carbonyl (C=O) groups is 2. The molecule has 4 rings (SSSR count). The number of likely N-dealkylation sites (N-methyl/N-ethyl adjacent to an activating group) is 1. The van der Waals surface area contributed by atoms with Crippen molar-refractivity contribution >= 4 is 17.9 Å². The van der Waals surface area contributed by atoms with Crippen LogP contribution in [0.3, 0.4) is 0 Å². The Morgan fingerprint density at radius 1 is 1.09 bits per heavy atom. The van der Waals surface area contributed by atoms with Crippen LogP contribution in [0.1, 0.15) is 53.7 Å². The molecular formula is C28H31FN4O2. The molecule has 1 aromatic heterocycles. The molecule has 0 bridgehead atoms. The van der Waals surface area contributed by atoms with Crippen LogP contribution >= 0.6 is 0 Å². The van der Waals surface area contributed by atoms with Crippen LogP contribution in [0.5, 0.6) is 0 Å². The van der Waals surface area contributed by atoms with E-state index in [2.05, 4.69) is 15.5 Å². The van der Waals surface area contributed by atoms with Gasteiger partial charge in [-0.3, -0.25) is 14.7 Å². The molecule has 0 spiro atoms. The van der Waals surface area contributed by atoms with E-state index in [9.17, 15) is 14.0 Å². The molecule has 1 fully saturated rings. The third kappa shape index (κ3) is 7.37. The molecular weight excluding hydrogens is 443 g/mol. The van der Waals surface area contributed by atoms with E-state index in [0.29, 0.717) is 18.2 Å². The summed E-state index contributed by atoms with van der Waals surface area (Å²) in [6.45, 7) is 0.688. The normalized spacial score (nSPS) is 13.2. The highest BCUT2D eigenvalue weighted by Crippen LogP contribution is 2.20. The zero-order valence-electron chi connectivity index (χ0n) is 20.0. The van der Waals surface area contributed by atoms with Crippen molar-refractivity contribution < 1.29 is 14.0 Å². The van der Waals surface area contributed by atoms with Gasteiger partial charge in [0, 0.05) is 42.5 Å². The summed E-state index contributed by atoms with van der Waals surface area (Å²) in [6, 6.07) is 15.9. The summed E-state index contributed by atoms with van der Waals surface area (Å²) in [6.07, 6.45) is 9.25.